The van der Waals surface area contributed by atoms with Crippen LogP contribution in [0.25, 0.3) is 0 Å². The van der Waals surface area contributed by atoms with E-state index < -0.39 is 65.1 Å². The molecular formula is C29H57BF2N2O7P2Si. The number of hydrogen-bond donors (Lipinski definition) is 0. The van der Waals surface area contributed by atoms with Crippen LogP contribution in [0.4, 0.5) is 8.78 Å². The highest BCUT2D eigenvalue weighted by atomic mass is 31.2. The molecule has 0 saturated carbocycles. The fourth-order valence-corrected chi connectivity index (χ4v) is 8.45. The molecule has 2 radical (unpaired) electrons. The molecule has 44 heavy (non-hydrogen) atoms. The smallest absolute Gasteiger partial charge is 0.300 e. The molecule has 3 unspecified atom stereocenters. The number of hydrogen-bond acceptors (Lipinski definition) is 9. The largest absolute Gasteiger partial charge is 0.409 e. The highest BCUT2D eigenvalue weighted by Crippen LogP contribution is 2.60. The average molecular weight is 685 g/mol. The number of halogens is 2. The molecule has 0 aromatic heterocycles. The Labute approximate surface area is 267 Å². The molecule has 256 valence electrons. The van der Waals surface area contributed by atoms with Crippen molar-refractivity contribution in [2.75, 3.05) is 39.4 Å². The molecule has 0 spiro atoms. The maximum atomic E-state index is 15.9. The van der Waals surface area contributed by atoms with Crippen LogP contribution < -0.4 is 0 Å². The summed E-state index contributed by atoms with van der Waals surface area (Å²) >= 11 is 0. The second-order valence-corrected chi connectivity index (χ2v) is 25.2. The van der Waals surface area contributed by atoms with Gasteiger partial charge in [0.2, 0.25) is 6.41 Å². The van der Waals surface area contributed by atoms with Gasteiger partial charge in [0.25, 0.3) is 5.66 Å². The third kappa shape index (κ3) is 11.0. The standard InChI is InChI=1S/C29H57BF2N2O7P2Si/c1-14-38-43(11,36)19-16-28(20-29(31,32)42(9,10)35)24(23(25(30)40-28)41-44(12,13)27(6,7)8)39-26(37-18-15-17-33)34(21(2)3)22(4)5/h21-26H,14-16,18-20H2,1-13H3/t23-,24?,25+,26?,28-,43?/m0/s1. The van der Waals surface area contributed by atoms with Crippen molar-refractivity contribution >= 4 is 30.7 Å². The lowest BCUT2D eigenvalue weighted by Gasteiger charge is -2.45. The van der Waals surface area contributed by atoms with Gasteiger partial charge in [0.1, 0.15) is 26.7 Å². The second-order valence-electron chi connectivity index (χ2n) is 14.4. The van der Waals surface area contributed by atoms with Gasteiger partial charge >= 0.3 is 0 Å². The molecule has 0 aliphatic carbocycles. The molecule has 1 aliphatic rings. The fourth-order valence-electron chi connectivity index (χ4n) is 5.05. The molecule has 0 aromatic rings. The summed E-state index contributed by atoms with van der Waals surface area (Å²) in [5.74, 6) is 0. The molecule has 9 nitrogen and oxygen atoms in total. The van der Waals surface area contributed by atoms with Crippen molar-refractivity contribution in [3.8, 4) is 6.07 Å². The van der Waals surface area contributed by atoms with Gasteiger partial charge in [-0.3, -0.25) is 9.46 Å². The highest BCUT2D eigenvalue weighted by Gasteiger charge is 2.62. The summed E-state index contributed by atoms with van der Waals surface area (Å²) in [6, 6.07) is 0.659. The third-order valence-corrected chi connectivity index (χ3v) is 16.6. The van der Waals surface area contributed by atoms with Crippen LogP contribution in [-0.4, -0.2) is 108 Å². The molecule has 0 amide bonds. The molecule has 1 aliphatic heterocycles. The normalized spacial score (nSPS) is 25.9. The van der Waals surface area contributed by atoms with Gasteiger partial charge in [-0.05, 0) is 72.5 Å². The zero-order valence-corrected chi connectivity index (χ0v) is 32.0. The van der Waals surface area contributed by atoms with Crippen molar-refractivity contribution in [1.82, 2.24) is 4.90 Å². The van der Waals surface area contributed by atoms with Gasteiger partial charge in [-0.15, -0.1) is 0 Å². The lowest BCUT2D eigenvalue weighted by molar-refractivity contribution is -0.284. The van der Waals surface area contributed by atoms with E-state index in [9.17, 15) is 14.4 Å². The second kappa shape index (κ2) is 15.8. The van der Waals surface area contributed by atoms with Crippen LogP contribution in [-0.2, 0) is 32.3 Å². The molecule has 1 saturated heterocycles. The van der Waals surface area contributed by atoms with Crippen LogP contribution in [0.15, 0.2) is 0 Å². The van der Waals surface area contributed by atoms with Crippen LogP contribution in [0.5, 0.6) is 0 Å². The van der Waals surface area contributed by atoms with E-state index in [2.05, 4.69) is 6.07 Å². The fraction of sp³-hybridized carbons (Fsp3) is 0.966. The summed E-state index contributed by atoms with van der Waals surface area (Å²) in [6.07, 6.45) is -4.53. The molecule has 0 N–H and O–H groups in total. The molecule has 0 bridgehead atoms. The zero-order chi connectivity index (χ0) is 34.5. The third-order valence-electron chi connectivity index (χ3n) is 8.56. The van der Waals surface area contributed by atoms with Crippen molar-refractivity contribution in [3.63, 3.8) is 0 Å². The highest BCUT2D eigenvalue weighted by molar-refractivity contribution is 7.63. The first-order valence-electron chi connectivity index (χ1n) is 15.4. The van der Waals surface area contributed by atoms with E-state index in [0.29, 0.717) is 0 Å². The molecule has 1 heterocycles. The van der Waals surface area contributed by atoms with E-state index in [-0.39, 0.29) is 49.3 Å². The van der Waals surface area contributed by atoms with E-state index in [0.717, 1.165) is 13.3 Å². The first-order valence-corrected chi connectivity index (χ1v) is 23.2. The molecule has 1 rings (SSSR count). The topological polar surface area (TPSA) is 107 Å². The maximum Gasteiger partial charge on any atom is 0.300 e. The van der Waals surface area contributed by atoms with E-state index in [4.69, 9.17) is 31.0 Å². The summed E-state index contributed by atoms with van der Waals surface area (Å²) < 4.78 is 89.4. The molecule has 0 aromatic carbocycles. The summed E-state index contributed by atoms with van der Waals surface area (Å²) in [7, 11) is -3.23. The van der Waals surface area contributed by atoms with Crippen LogP contribution in [0, 0.1) is 11.3 Å². The molecule has 6 atom stereocenters. The number of nitriles is 1. The Bertz CT molecular complexity index is 1060. The summed E-state index contributed by atoms with van der Waals surface area (Å²) in [5, 5.41) is 8.92. The lowest BCUT2D eigenvalue weighted by atomic mass is 9.85. The minimum Gasteiger partial charge on any atom is -0.409 e. The van der Waals surface area contributed by atoms with Crippen molar-refractivity contribution in [2.45, 2.75) is 141 Å². The van der Waals surface area contributed by atoms with E-state index in [1.165, 1.54) is 6.66 Å². The SMILES string of the molecule is [B][C@@H]1O[C@@](CCP(C)(=O)OCC)(CC(F)(F)P(C)(C)=O)C(OC(OCCC#N)N(C(C)C)C(C)C)[C@@H]1O[Si](C)(C)C(C)(C)C. The van der Waals surface area contributed by atoms with E-state index in [1.807, 2.05) is 66.5 Å². The zero-order valence-electron chi connectivity index (χ0n) is 29.2. The Morgan fingerprint density at radius 3 is 2.09 bits per heavy atom. The number of alkyl halides is 2. The predicted octanol–water partition coefficient (Wildman–Crippen LogP) is 7.30. The summed E-state index contributed by atoms with van der Waals surface area (Å²) in [5.41, 5.74) is -5.53. The molecule has 15 heteroatoms. The average Bonchev–Trinajstić information content (AvgIpc) is 3.05. The monoisotopic (exact) mass is 684 g/mol. The first-order chi connectivity index (χ1) is 19.8. The first kappa shape index (κ1) is 41.9. The Hall–Kier alpha value is -0.148. The van der Waals surface area contributed by atoms with Crippen LogP contribution in [0.1, 0.15) is 74.7 Å². The Morgan fingerprint density at radius 1 is 1.11 bits per heavy atom. The maximum absolute atomic E-state index is 15.9. The van der Waals surface area contributed by atoms with Gasteiger partial charge in [-0.2, -0.15) is 14.0 Å². The van der Waals surface area contributed by atoms with Gasteiger partial charge in [0.15, 0.2) is 15.7 Å². The quantitative estimate of drug-likeness (QED) is 0.0636. The van der Waals surface area contributed by atoms with Gasteiger partial charge in [-0.1, -0.05) is 20.8 Å². The van der Waals surface area contributed by atoms with Crippen molar-refractivity contribution in [2.24, 2.45) is 0 Å². The lowest BCUT2D eigenvalue weighted by Crippen LogP contribution is -2.58. The van der Waals surface area contributed by atoms with Gasteiger partial charge in [-0.25, -0.2) is 0 Å². The molecule has 1 fully saturated rings. The van der Waals surface area contributed by atoms with Crippen LogP contribution in [0.2, 0.25) is 18.1 Å². The Balaban J connectivity index is 3.96. The number of nitrogens with zero attached hydrogens (tertiary/aromatic N) is 2. The van der Waals surface area contributed by atoms with Crippen molar-refractivity contribution < 1.29 is 41.1 Å². The summed E-state index contributed by atoms with van der Waals surface area (Å²) in [4.78, 5) is 1.92. The molecular weight excluding hydrogens is 627 g/mol. The van der Waals surface area contributed by atoms with Crippen LogP contribution in [0.3, 0.4) is 0 Å². The minimum atomic E-state index is -4.00. The minimum absolute atomic E-state index is 0.0290. The Kier molecular flexibility index (Phi) is 15.1. The van der Waals surface area contributed by atoms with Gasteiger partial charge in [0.05, 0.1) is 38.2 Å². The Morgan fingerprint density at radius 2 is 1.66 bits per heavy atom. The van der Waals surface area contributed by atoms with Gasteiger partial charge in [0, 0.05) is 30.9 Å². The van der Waals surface area contributed by atoms with Crippen molar-refractivity contribution in [3.05, 3.63) is 0 Å². The van der Waals surface area contributed by atoms with Gasteiger partial charge < -0.3 is 27.7 Å². The number of rotatable bonds is 18. The van der Waals surface area contributed by atoms with E-state index >= 15 is 8.78 Å². The van der Waals surface area contributed by atoms with Crippen molar-refractivity contribution in [1.29, 1.82) is 5.26 Å². The predicted molar refractivity (Wildman–Crippen MR) is 176 cm³/mol. The van der Waals surface area contributed by atoms with Crippen LogP contribution >= 0.6 is 14.5 Å². The summed E-state index contributed by atoms with van der Waals surface area (Å²) in [6.45, 7) is 23.4. The van der Waals surface area contributed by atoms with E-state index in [1.54, 1.807) is 6.92 Å². The number of ether oxygens (including phenoxy) is 3.